The number of amides is 1. The Labute approximate surface area is 117 Å². The third kappa shape index (κ3) is 3.08. The van der Waals surface area contributed by atoms with E-state index in [1.807, 2.05) is 29.7 Å². The lowest BCUT2D eigenvalue weighted by Crippen LogP contribution is -2.31. The molecule has 2 rings (SSSR count). The molecule has 1 fully saturated rings. The van der Waals surface area contributed by atoms with Gasteiger partial charge in [-0.05, 0) is 43.2 Å². The highest BCUT2D eigenvalue weighted by Gasteiger charge is 2.36. The Hall–Kier alpha value is -0.520. The van der Waals surface area contributed by atoms with Crippen molar-refractivity contribution < 1.29 is 4.79 Å². The highest BCUT2D eigenvalue weighted by Crippen LogP contribution is 2.28. The first-order chi connectivity index (χ1) is 8.74. The number of hydrogen-bond donors (Lipinski definition) is 1. The minimum Gasteiger partial charge on any atom is -0.321 e. The van der Waals surface area contributed by atoms with Crippen molar-refractivity contribution in [1.82, 2.24) is 10.2 Å². The topological polar surface area (TPSA) is 32.3 Å². The average molecular weight is 284 g/mol. The Bertz CT molecular complexity index is 380. The predicted molar refractivity (Wildman–Crippen MR) is 79.0 cm³/mol. The van der Waals surface area contributed by atoms with Crippen LogP contribution in [0.4, 0.5) is 0 Å². The molecule has 0 spiro atoms. The maximum atomic E-state index is 12.1. The molecule has 18 heavy (non-hydrogen) atoms. The fourth-order valence-corrected chi connectivity index (χ4v) is 3.51. The molecule has 0 radical (unpaired) electrons. The Balaban J connectivity index is 1.97. The molecule has 0 bridgehead atoms. The van der Waals surface area contributed by atoms with Gasteiger partial charge in [-0.25, -0.2) is 0 Å². The zero-order valence-corrected chi connectivity index (χ0v) is 12.5. The van der Waals surface area contributed by atoms with Crippen molar-refractivity contribution in [3.63, 3.8) is 0 Å². The first kappa shape index (κ1) is 13.9. The highest BCUT2D eigenvalue weighted by atomic mass is 32.2. The molecule has 1 aliphatic heterocycles. The summed E-state index contributed by atoms with van der Waals surface area (Å²) in [5.74, 6) is 1.41. The van der Waals surface area contributed by atoms with E-state index < -0.39 is 0 Å². The molecule has 2 unspecified atom stereocenters. The number of unbranched alkanes of at least 4 members (excludes halogenated alkanes) is 1. The van der Waals surface area contributed by atoms with Gasteiger partial charge in [-0.3, -0.25) is 10.1 Å². The van der Waals surface area contributed by atoms with Crippen LogP contribution in [0.3, 0.4) is 0 Å². The predicted octanol–water partition coefficient (Wildman–Crippen LogP) is 2.71. The summed E-state index contributed by atoms with van der Waals surface area (Å²) in [4.78, 5) is 15.4. The molecule has 2 heterocycles. The Kier molecular flexibility index (Phi) is 5.09. The zero-order valence-electron chi connectivity index (χ0n) is 10.9. The lowest BCUT2D eigenvalue weighted by molar-refractivity contribution is -0.129. The van der Waals surface area contributed by atoms with Crippen LogP contribution in [0.25, 0.3) is 0 Å². The summed E-state index contributed by atoms with van der Waals surface area (Å²) in [7, 11) is 0. The van der Waals surface area contributed by atoms with Gasteiger partial charge in [-0.2, -0.15) is 11.8 Å². The van der Waals surface area contributed by atoms with Crippen LogP contribution in [-0.4, -0.2) is 35.4 Å². The number of nitrogens with one attached hydrogen (secondary N) is 1. The molecule has 1 aliphatic rings. The minimum atomic E-state index is -0.0577. The average Bonchev–Trinajstić information content (AvgIpc) is 2.97. The second-order valence-corrected chi connectivity index (χ2v) is 6.50. The van der Waals surface area contributed by atoms with Crippen LogP contribution in [0.15, 0.2) is 17.5 Å². The smallest absolute Gasteiger partial charge is 0.241 e. The quantitative estimate of drug-likeness (QED) is 0.815. The molecule has 1 aromatic rings. The van der Waals surface area contributed by atoms with E-state index in [2.05, 4.69) is 23.0 Å². The van der Waals surface area contributed by atoms with E-state index in [0.717, 1.165) is 13.0 Å². The SMILES string of the molecule is CSCCCCN1C(=O)C(C)NC1c1cccs1. The third-order valence-corrected chi connectivity index (χ3v) is 4.80. The van der Waals surface area contributed by atoms with E-state index in [4.69, 9.17) is 0 Å². The van der Waals surface area contributed by atoms with Gasteiger partial charge in [0.15, 0.2) is 0 Å². The van der Waals surface area contributed by atoms with E-state index in [0.29, 0.717) is 0 Å². The van der Waals surface area contributed by atoms with Crippen LogP contribution < -0.4 is 5.32 Å². The van der Waals surface area contributed by atoms with Crippen molar-refractivity contribution in [2.24, 2.45) is 0 Å². The maximum Gasteiger partial charge on any atom is 0.241 e. The summed E-state index contributed by atoms with van der Waals surface area (Å²) in [5, 5.41) is 5.44. The van der Waals surface area contributed by atoms with Crippen molar-refractivity contribution in [1.29, 1.82) is 0 Å². The summed E-state index contributed by atoms with van der Waals surface area (Å²) in [6, 6.07) is 4.08. The first-order valence-corrected chi connectivity index (χ1v) is 8.60. The van der Waals surface area contributed by atoms with E-state index in [9.17, 15) is 4.79 Å². The Morgan fingerprint density at radius 1 is 1.50 bits per heavy atom. The van der Waals surface area contributed by atoms with Gasteiger partial charge >= 0.3 is 0 Å². The molecule has 1 saturated heterocycles. The van der Waals surface area contributed by atoms with Crippen LogP contribution in [-0.2, 0) is 4.79 Å². The van der Waals surface area contributed by atoms with Crippen molar-refractivity contribution in [3.8, 4) is 0 Å². The van der Waals surface area contributed by atoms with Crippen LogP contribution in [0.5, 0.6) is 0 Å². The number of carbonyl (C=O) groups excluding carboxylic acids is 1. The summed E-state index contributed by atoms with van der Waals surface area (Å²) >= 11 is 3.58. The van der Waals surface area contributed by atoms with Crippen LogP contribution in [0, 0.1) is 0 Å². The van der Waals surface area contributed by atoms with Gasteiger partial charge in [0.1, 0.15) is 6.17 Å². The second-order valence-electron chi connectivity index (χ2n) is 4.54. The molecular formula is C13H20N2OS2. The fraction of sp³-hybridized carbons (Fsp3) is 0.615. The third-order valence-electron chi connectivity index (χ3n) is 3.18. The normalized spacial score (nSPS) is 23.9. The van der Waals surface area contributed by atoms with Gasteiger partial charge in [-0.1, -0.05) is 6.07 Å². The molecule has 0 saturated carbocycles. The summed E-state index contributed by atoms with van der Waals surface area (Å²) in [5.41, 5.74) is 0. The number of rotatable bonds is 6. The number of carbonyl (C=O) groups is 1. The highest BCUT2D eigenvalue weighted by molar-refractivity contribution is 7.98. The van der Waals surface area contributed by atoms with E-state index >= 15 is 0 Å². The fourth-order valence-electron chi connectivity index (χ4n) is 2.22. The summed E-state index contributed by atoms with van der Waals surface area (Å²) in [6.45, 7) is 2.81. The number of thiophene rings is 1. The monoisotopic (exact) mass is 284 g/mol. The number of thioether (sulfide) groups is 1. The molecule has 1 N–H and O–H groups in total. The van der Waals surface area contributed by atoms with Gasteiger partial charge < -0.3 is 4.90 Å². The standard InChI is InChI=1S/C13H20N2OS2/c1-10-13(16)15(7-3-4-8-17-2)12(14-10)11-6-5-9-18-11/h5-6,9-10,12,14H,3-4,7-8H2,1-2H3. The summed E-state index contributed by atoms with van der Waals surface area (Å²) < 4.78 is 0. The van der Waals surface area contributed by atoms with Crippen LogP contribution in [0.2, 0.25) is 0 Å². The van der Waals surface area contributed by atoms with E-state index in [1.165, 1.54) is 17.1 Å². The lowest BCUT2D eigenvalue weighted by Gasteiger charge is -2.23. The van der Waals surface area contributed by atoms with Crippen LogP contribution in [0.1, 0.15) is 30.8 Å². The molecular weight excluding hydrogens is 264 g/mol. The van der Waals surface area contributed by atoms with Gasteiger partial charge in [-0.15, -0.1) is 11.3 Å². The molecule has 2 atom stereocenters. The van der Waals surface area contributed by atoms with Crippen molar-refractivity contribution in [2.45, 2.75) is 32.0 Å². The van der Waals surface area contributed by atoms with Crippen LogP contribution >= 0.6 is 23.1 Å². The van der Waals surface area contributed by atoms with Gasteiger partial charge in [0.2, 0.25) is 5.91 Å². The molecule has 0 aliphatic carbocycles. The molecule has 100 valence electrons. The summed E-state index contributed by atoms with van der Waals surface area (Å²) in [6.07, 6.45) is 4.47. The Morgan fingerprint density at radius 2 is 2.33 bits per heavy atom. The van der Waals surface area contributed by atoms with Gasteiger partial charge in [0, 0.05) is 11.4 Å². The van der Waals surface area contributed by atoms with Gasteiger partial charge in [0.05, 0.1) is 6.04 Å². The van der Waals surface area contributed by atoms with Crippen molar-refractivity contribution >= 4 is 29.0 Å². The molecule has 5 heteroatoms. The van der Waals surface area contributed by atoms with E-state index in [-0.39, 0.29) is 18.1 Å². The first-order valence-electron chi connectivity index (χ1n) is 6.33. The molecule has 0 aromatic carbocycles. The Morgan fingerprint density at radius 3 is 3.00 bits per heavy atom. The molecule has 1 amide bonds. The van der Waals surface area contributed by atoms with E-state index in [1.54, 1.807) is 11.3 Å². The molecule has 3 nitrogen and oxygen atoms in total. The number of hydrogen-bond acceptors (Lipinski definition) is 4. The van der Waals surface area contributed by atoms with Crippen molar-refractivity contribution in [2.75, 3.05) is 18.6 Å². The second kappa shape index (κ2) is 6.59. The lowest BCUT2D eigenvalue weighted by atomic mass is 10.3. The largest absolute Gasteiger partial charge is 0.321 e. The minimum absolute atomic E-state index is 0.0577. The maximum absolute atomic E-state index is 12.1. The molecule has 1 aromatic heterocycles. The number of nitrogens with zero attached hydrogens (tertiary/aromatic N) is 1. The van der Waals surface area contributed by atoms with Crippen molar-refractivity contribution in [3.05, 3.63) is 22.4 Å². The zero-order chi connectivity index (χ0) is 13.0. The van der Waals surface area contributed by atoms with Gasteiger partial charge in [0.25, 0.3) is 0 Å².